The first kappa shape index (κ1) is 14.8. The van der Waals surface area contributed by atoms with Gasteiger partial charge in [-0.1, -0.05) is 19.9 Å². The lowest BCUT2D eigenvalue weighted by Crippen LogP contribution is -2.30. The average molecular weight is 275 g/mol. The van der Waals surface area contributed by atoms with Crippen LogP contribution in [0.25, 0.3) is 0 Å². The van der Waals surface area contributed by atoms with Crippen molar-refractivity contribution in [2.75, 3.05) is 18.4 Å². The lowest BCUT2D eigenvalue weighted by atomic mass is 10.0. The number of nitrogens with zero attached hydrogens (tertiary/aromatic N) is 2. The second kappa shape index (κ2) is 7.27. The van der Waals surface area contributed by atoms with Crippen molar-refractivity contribution in [3.8, 4) is 0 Å². The standard InChI is InChI=1S/C16H25N3O/c1-3-10-17-15-6-4-5-14(18-15)12-19-11-9-13(2)7-8-16(19)20/h4-6,13H,3,7-12H2,1-2H3,(H,17,18). The van der Waals surface area contributed by atoms with Crippen LogP contribution in [0.4, 0.5) is 5.82 Å². The molecule has 0 bridgehead atoms. The molecule has 1 aliphatic rings. The Kier molecular flexibility index (Phi) is 5.39. The summed E-state index contributed by atoms with van der Waals surface area (Å²) in [5.74, 6) is 1.82. The van der Waals surface area contributed by atoms with Gasteiger partial charge in [-0.05, 0) is 37.3 Å². The average Bonchev–Trinajstić information content (AvgIpc) is 2.61. The smallest absolute Gasteiger partial charge is 0.222 e. The highest BCUT2D eigenvalue weighted by Crippen LogP contribution is 2.19. The summed E-state index contributed by atoms with van der Waals surface area (Å²) in [5, 5.41) is 3.29. The number of carbonyl (C=O) groups excluding carboxylic acids is 1. The molecule has 0 aliphatic carbocycles. The first-order valence-electron chi connectivity index (χ1n) is 7.66. The SMILES string of the molecule is CCCNc1cccc(CN2CCC(C)CCC2=O)n1. The molecule has 1 atom stereocenters. The first-order valence-corrected chi connectivity index (χ1v) is 7.66. The predicted molar refractivity (Wildman–Crippen MR) is 81.4 cm³/mol. The van der Waals surface area contributed by atoms with Crippen LogP contribution in [0.5, 0.6) is 0 Å². The monoisotopic (exact) mass is 275 g/mol. The van der Waals surface area contributed by atoms with Crippen molar-refractivity contribution in [2.24, 2.45) is 5.92 Å². The number of pyridine rings is 1. The van der Waals surface area contributed by atoms with E-state index in [2.05, 4.69) is 24.1 Å². The lowest BCUT2D eigenvalue weighted by molar-refractivity contribution is -0.131. The second-order valence-corrected chi connectivity index (χ2v) is 5.69. The number of hydrogen-bond donors (Lipinski definition) is 1. The van der Waals surface area contributed by atoms with E-state index in [0.29, 0.717) is 18.9 Å². The Labute approximate surface area is 121 Å². The summed E-state index contributed by atoms with van der Waals surface area (Å²) in [6.45, 7) is 6.77. The van der Waals surface area contributed by atoms with Gasteiger partial charge >= 0.3 is 0 Å². The van der Waals surface area contributed by atoms with E-state index in [1.807, 2.05) is 23.1 Å². The fraction of sp³-hybridized carbons (Fsp3) is 0.625. The highest BCUT2D eigenvalue weighted by molar-refractivity contribution is 5.76. The van der Waals surface area contributed by atoms with E-state index >= 15 is 0 Å². The van der Waals surface area contributed by atoms with Crippen LogP contribution >= 0.6 is 0 Å². The van der Waals surface area contributed by atoms with Gasteiger partial charge in [-0.15, -0.1) is 0 Å². The van der Waals surface area contributed by atoms with Crippen LogP contribution in [-0.4, -0.2) is 28.9 Å². The van der Waals surface area contributed by atoms with Gasteiger partial charge in [0.05, 0.1) is 12.2 Å². The molecule has 1 fully saturated rings. The van der Waals surface area contributed by atoms with E-state index in [1.54, 1.807) is 0 Å². The van der Waals surface area contributed by atoms with Crippen LogP contribution in [0.1, 0.15) is 45.2 Å². The van der Waals surface area contributed by atoms with Gasteiger partial charge in [0.1, 0.15) is 5.82 Å². The molecule has 1 aromatic rings. The van der Waals surface area contributed by atoms with Crippen LogP contribution in [0.2, 0.25) is 0 Å². The first-order chi connectivity index (χ1) is 9.69. The fourth-order valence-electron chi connectivity index (χ4n) is 2.46. The third-order valence-corrected chi connectivity index (χ3v) is 3.81. The maximum Gasteiger partial charge on any atom is 0.222 e. The third-order valence-electron chi connectivity index (χ3n) is 3.81. The van der Waals surface area contributed by atoms with Gasteiger partial charge in [-0.25, -0.2) is 4.98 Å². The largest absolute Gasteiger partial charge is 0.370 e. The Balaban J connectivity index is 1.99. The summed E-state index contributed by atoms with van der Waals surface area (Å²) in [5.41, 5.74) is 0.967. The fourth-order valence-corrected chi connectivity index (χ4v) is 2.46. The molecule has 1 aromatic heterocycles. The number of aromatic nitrogens is 1. The van der Waals surface area contributed by atoms with Crippen LogP contribution in [0, 0.1) is 5.92 Å². The minimum Gasteiger partial charge on any atom is -0.370 e. The van der Waals surface area contributed by atoms with E-state index in [9.17, 15) is 4.79 Å². The molecule has 1 aliphatic heterocycles. The van der Waals surface area contributed by atoms with Gasteiger partial charge < -0.3 is 10.2 Å². The van der Waals surface area contributed by atoms with Crippen molar-refractivity contribution in [1.82, 2.24) is 9.88 Å². The maximum absolute atomic E-state index is 12.1. The van der Waals surface area contributed by atoms with Gasteiger partial charge in [0.2, 0.25) is 5.91 Å². The second-order valence-electron chi connectivity index (χ2n) is 5.69. The molecule has 110 valence electrons. The predicted octanol–water partition coefficient (Wildman–Crippen LogP) is 3.05. The number of likely N-dealkylation sites (tertiary alicyclic amines) is 1. The summed E-state index contributed by atoms with van der Waals surface area (Å²) >= 11 is 0. The van der Waals surface area contributed by atoms with Crippen LogP contribution in [0.15, 0.2) is 18.2 Å². The molecule has 4 nitrogen and oxygen atoms in total. The topological polar surface area (TPSA) is 45.2 Å². The lowest BCUT2D eigenvalue weighted by Gasteiger charge is -2.20. The van der Waals surface area contributed by atoms with Crippen LogP contribution in [-0.2, 0) is 11.3 Å². The summed E-state index contributed by atoms with van der Waals surface area (Å²) in [6.07, 6.45) is 3.86. The van der Waals surface area contributed by atoms with Gasteiger partial charge in [0.15, 0.2) is 0 Å². The summed E-state index contributed by atoms with van der Waals surface area (Å²) in [4.78, 5) is 18.6. The number of rotatable bonds is 5. The van der Waals surface area contributed by atoms with Gasteiger partial charge in [-0.2, -0.15) is 0 Å². The Hall–Kier alpha value is -1.58. The minimum absolute atomic E-state index is 0.267. The summed E-state index contributed by atoms with van der Waals surface area (Å²) in [7, 11) is 0. The molecule has 1 unspecified atom stereocenters. The van der Waals surface area contributed by atoms with Crippen LogP contribution in [0.3, 0.4) is 0 Å². The van der Waals surface area contributed by atoms with Crippen molar-refractivity contribution >= 4 is 11.7 Å². The van der Waals surface area contributed by atoms with Crippen molar-refractivity contribution in [3.05, 3.63) is 23.9 Å². The van der Waals surface area contributed by atoms with Gasteiger partial charge in [0, 0.05) is 19.5 Å². The quantitative estimate of drug-likeness (QED) is 0.898. The highest BCUT2D eigenvalue weighted by atomic mass is 16.2. The number of carbonyl (C=O) groups is 1. The molecule has 0 aromatic carbocycles. The van der Waals surface area contributed by atoms with E-state index in [1.165, 1.54) is 0 Å². The van der Waals surface area contributed by atoms with Crippen molar-refractivity contribution in [3.63, 3.8) is 0 Å². The van der Waals surface area contributed by atoms with E-state index < -0.39 is 0 Å². The van der Waals surface area contributed by atoms with E-state index in [-0.39, 0.29) is 5.91 Å². The maximum atomic E-state index is 12.1. The van der Waals surface area contributed by atoms with Crippen molar-refractivity contribution < 1.29 is 4.79 Å². The molecule has 1 amide bonds. The normalized spacial score (nSPS) is 19.8. The Morgan fingerprint density at radius 2 is 2.25 bits per heavy atom. The molecule has 4 heteroatoms. The highest BCUT2D eigenvalue weighted by Gasteiger charge is 2.20. The molecule has 1 saturated heterocycles. The van der Waals surface area contributed by atoms with Crippen molar-refractivity contribution in [1.29, 1.82) is 0 Å². The zero-order valence-electron chi connectivity index (χ0n) is 12.6. The molecule has 2 heterocycles. The van der Waals surface area contributed by atoms with Crippen molar-refractivity contribution in [2.45, 2.75) is 46.1 Å². The van der Waals surface area contributed by atoms with Gasteiger partial charge in [-0.3, -0.25) is 4.79 Å². The molecule has 2 rings (SSSR count). The van der Waals surface area contributed by atoms with Crippen LogP contribution < -0.4 is 5.32 Å². The number of nitrogens with one attached hydrogen (secondary N) is 1. The number of hydrogen-bond acceptors (Lipinski definition) is 3. The molecular weight excluding hydrogens is 250 g/mol. The third kappa shape index (κ3) is 4.22. The molecular formula is C16H25N3O. The van der Waals surface area contributed by atoms with Gasteiger partial charge in [0.25, 0.3) is 0 Å². The number of amides is 1. The minimum atomic E-state index is 0.267. The Morgan fingerprint density at radius 3 is 3.05 bits per heavy atom. The molecule has 20 heavy (non-hydrogen) atoms. The molecule has 1 N–H and O–H groups in total. The zero-order chi connectivity index (χ0) is 14.4. The number of anilines is 1. The summed E-state index contributed by atoms with van der Waals surface area (Å²) < 4.78 is 0. The molecule has 0 saturated carbocycles. The zero-order valence-corrected chi connectivity index (χ0v) is 12.6. The molecule has 0 spiro atoms. The van der Waals surface area contributed by atoms with E-state index in [0.717, 1.165) is 43.9 Å². The summed E-state index contributed by atoms with van der Waals surface area (Å²) in [6, 6.07) is 5.98. The van der Waals surface area contributed by atoms with E-state index in [4.69, 9.17) is 0 Å². The Morgan fingerprint density at radius 1 is 1.40 bits per heavy atom. The molecule has 0 radical (unpaired) electrons. The Bertz CT molecular complexity index is 447.